The van der Waals surface area contributed by atoms with E-state index in [4.69, 9.17) is 0 Å². The van der Waals surface area contributed by atoms with Crippen LogP contribution in [0.2, 0.25) is 0 Å². The highest BCUT2D eigenvalue weighted by molar-refractivity contribution is 6.06. The highest BCUT2D eigenvalue weighted by atomic mass is 16.2. The molecule has 1 saturated heterocycles. The largest absolute Gasteiger partial charge is 0.349 e. The molecule has 2 unspecified atom stereocenters. The first-order valence-corrected chi connectivity index (χ1v) is 10.8. The average molecular weight is 434 g/mol. The second-order valence-electron chi connectivity index (χ2n) is 9.05. The van der Waals surface area contributed by atoms with E-state index < -0.39 is 11.9 Å². The van der Waals surface area contributed by atoms with Crippen molar-refractivity contribution in [3.8, 4) is 0 Å². The van der Waals surface area contributed by atoms with Crippen molar-refractivity contribution in [2.75, 3.05) is 0 Å². The predicted octanol–water partition coefficient (Wildman–Crippen LogP) is 2.54. The molecule has 2 aliphatic rings. The molecule has 2 heterocycles. The van der Waals surface area contributed by atoms with Crippen molar-refractivity contribution in [1.29, 1.82) is 0 Å². The van der Waals surface area contributed by atoms with E-state index in [1.807, 2.05) is 37.3 Å². The molecule has 0 spiro atoms. The van der Waals surface area contributed by atoms with E-state index >= 15 is 0 Å². The molecule has 2 atom stereocenters. The minimum absolute atomic E-state index is 0.132. The van der Waals surface area contributed by atoms with Crippen LogP contribution in [0.3, 0.4) is 0 Å². The van der Waals surface area contributed by atoms with Crippen molar-refractivity contribution in [2.24, 2.45) is 0 Å². The van der Waals surface area contributed by atoms with Crippen molar-refractivity contribution < 1.29 is 19.2 Å². The molecule has 32 heavy (non-hydrogen) atoms. The standard InChI is InChI=1S/C25H27N3O4/c1-15(25(2,3)18-7-5-4-6-8-18)26-22(30)16-9-10-19-17(13-16)14-28(24(19)32)20-11-12-21(29)27-23(20)31/h4-10,13,15,20H,11-12,14H2,1-3H3,(H,26,30)(H,27,29,31). The van der Waals surface area contributed by atoms with Crippen LogP contribution in [0.25, 0.3) is 0 Å². The zero-order chi connectivity index (χ0) is 23.0. The lowest BCUT2D eigenvalue weighted by molar-refractivity contribution is -0.136. The number of fused-ring (bicyclic) bond motifs is 1. The Morgan fingerprint density at radius 3 is 2.53 bits per heavy atom. The zero-order valence-corrected chi connectivity index (χ0v) is 18.5. The molecule has 166 valence electrons. The SMILES string of the molecule is CC(NC(=O)c1ccc2c(c1)CN(C1CCC(=O)NC1=O)C2=O)C(C)(C)c1ccccc1. The molecule has 7 nitrogen and oxygen atoms in total. The van der Waals surface area contributed by atoms with Gasteiger partial charge in [-0.25, -0.2) is 0 Å². The summed E-state index contributed by atoms with van der Waals surface area (Å²) in [6, 6.07) is 14.2. The second kappa shape index (κ2) is 8.22. The smallest absolute Gasteiger partial charge is 0.255 e. The Morgan fingerprint density at radius 2 is 1.84 bits per heavy atom. The molecule has 2 aliphatic heterocycles. The molecule has 0 radical (unpaired) electrons. The number of nitrogens with one attached hydrogen (secondary N) is 2. The molecule has 2 aromatic carbocycles. The summed E-state index contributed by atoms with van der Waals surface area (Å²) in [6.07, 6.45) is 0.517. The quantitative estimate of drug-likeness (QED) is 0.709. The maximum absolute atomic E-state index is 13.0. The molecular formula is C25H27N3O4. The normalized spacial score (nSPS) is 19.4. The molecule has 0 aromatic heterocycles. The van der Waals surface area contributed by atoms with Crippen molar-refractivity contribution in [2.45, 2.75) is 57.7 Å². The fourth-order valence-electron chi connectivity index (χ4n) is 4.29. The van der Waals surface area contributed by atoms with E-state index in [1.54, 1.807) is 18.2 Å². The fourth-order valence-corrected chi connectivity index (χ4v) is 4.29. The first-order chi connectivity index (χ1) is 15.2. The minimum atomic E-state index is -0.670. The minimum Gasteiger partial charge on any atom is -0.349 e. The number of imide groups is 1. The van der Waals surface area contributed by atoms with Gasteiger partial charge in [-0.1, -0.05) is 44.2 Å². The summed E-state index contributed by atoms with van der Waals surface area (Å²) in [5.74, 6) is -1.23. The van der Waals surface area contributed by atoms with Gasteiger partial charge in [-0.05, 0) is 42.7 Å². The molecule has 2 N–H and O–H groups in total. The van der Waals surface area contributed by atoms with Gasteiger partial charge in [-0.3, -0.25) is 24.5 Å². The van der Waals surface area contributed by atoms with Gasteiger partial charge in [0.25, 0.3) is 11.8 Å². The van der Waals surface area contributed by atoms with Crippen LogP contribution in [0.4, 0.5) is 0 Å². The lowest BCUT2D eigenvalue weighted by Gasteiger charge is -2.33. The number of hydrogen-bond acceptors (Lipinski definition) is 4. The highest BCUT2D eigenvalue weighted by Crippen LogP contribution is 2.29. The summed E-state index contributed by atoms with van der Waals surface area (Å²) in [5.41, 5.74) is 2.53. The molecule has 0 aliphatic carbocycles. The van der Waals surface area contributed by atoms with Crippen LogP contribution in [0.15, 0.2) is 48.5 Å². The van der Waals surface area contributed by atoms with Gasteiger partial charge in [-0.15, -0.1) is 0 Å². The second-order valence-corrected chi connectivity index (χ2v) is 9.05. The molecule has 2 aromatic rings. The van der Waals surface area contributed by atoms with E-state index in [2.05, 4.69) is 24.5 Å². The predicted molar refractivity (Wildman–Crippen MR) is 119 cm³/mol. The Labute approximate surface area is 187 Å². The zero-order valence-electron chi connectivity index (χ0n) is 18.5. The van der Waals surface area contributed by atoms with E-state index in [9.17, 15) is 19.2 Å². The van der Waals surface area contributed by atoms with Gasteiger partial charge in [0, 0.05) is 35.5 Å². The molecule has 7 heteroatoms. The molecule has 4 rings (SSSR count). The number of piperidine rings is 1. The van der Waals surface area contributed by atoms with E-state index in [0.29, 0.717) is 23.1 Å². The Hall–Kier alpha value is -3.48. The summed E-state index contributed by atoms with van der Waals surface area (Å²) in [5, 5.41) is 5.38. The van der Waals surface area contributed by atoms with E-state index in [0.717, 1.165) is 5.56 Å². The van der Waals surface area contributed by atoms with E-state index in [-0.39, 0.29) is 42.1 Å². The van der Waals surface area contributed by atoms with Gasteiger partial charge in [0.15, 0.2) is 0 Å². The van der Waals surface area contributed by atoms with Crippen LogP contribution < -0.4 is 10.6 Å². The topological polar surface area (TPSA) is 95.6 Å². The number of hydrogen-bond donors (Lipinski definition) is 2. The molecule has 0 saturated carbocycles. The fraction of sp³-hybridized carbons (Fsp3) is 0.360. The molecule has 4 amide bonds. The summed E-state index contributed by atoms with van der Waals surface area (Å²) in [4.78, 5) is 50.9. The van der Waals surface area contributed by atoms with Crippen molar-refractivity contribution in [3.05, 3.63) is 70.8 Å². The lowest BCUT2D eigenvalue weighted by atomic mass is 9.78. The number of rotatable bonds is 5. The molecule has 0 bridgehead atoms. The van der Waals surface area contributed by atoms with Gasteiger partial charge < -0.3 is 10.2 Å². The van der Waals surface area contributed by atoms with Crippen molar-refractivity contribution >= 4 is 23.6 Å². The van der Waals surface area contributed by atoms with E-state index in [1.165, 1.54) is 4.90 Å². The van der Waals surface area contributed by atoms with Crippen LogP contribution in [0.1, 0.15) is 65.5 Å². The lowest BCUT2D eigenvalue weighted by Crippen LogP contribution is -2.52. The number of nitrogens with zero attached hydrogens (tertiary/aromatic N) is 1. The third-order valence-corrected chi connectivity index (χ3v) is 6.73. The number of amides is 4. The first kappa shape index (κ1) is 21.7. The van der Waals surface area contributed by atoms with Crippen LogP contribution >= 0.6 is 0 Å². The monoisotopic (exact) mass is 433 g/mol. The van der Waals surface area contributed by atoms with Crippen LogP contribution in [0.5, 0.6) is 0 Å². The average Bonchev–Trinajstić information content (AvgIpc) is 3.10. The van der Waals surface area contributed by atoms with Gasteiger partial charge >= 0.3 is 0 Å². The molecular weight excluding hydrogens is 406 g/mol. The molecule has 1 fully saturated rings. The van der Waals surface area contributed by atoms with Crippen molar-refractivity contribution in [3.63, 3.8) is 0 Å². The Kier molecular flexibility index (Phi) is 5.59. The highest BCUT2D eigenvalue weighted by Gasteiger charge is 2.39. The van der Waals surface area contributed by atoms with Crippen LogP contribution in [-0.2, 0) is 21.5 Å². The van der Waals surface area contributed by atoms with Crippen LogP contribution in [-0.4, -0.2) is 40.6 Å². The number of carbonyl (C=O) groups is 4. The maximum atomic E-state index is 13.0. The Bertz CT molecular complexity index is 1090. The third kappa shape index (κ3) is 3.90. The van der Waals surface area contributed by atoms with Gasteiger partial charge in [0.1, 0.15) is 6.04 Å². The summed E-state index contributed by atoms with van der Waals surface area (Å²) >= 11 is 0. The summed E-state index contributed by atoms with van der Waals surface area (Å²) < 4.78 is 0. The number of carbonyl (C=O) groups excluding carboxylic acids is 4. The maximum Gasteiger partial charge on any atom is 0.255 e. The van der Waals surface area contributed by atoms with Gasteiger partial charge in [0.2, 0.25) is 11.8 Å². The van der Waals surface area contributed by atoms with Gasteiger partial charge in [0.05, 0.1) is 0 Å². The van der Waals surface area contributed by atoms with Crippen LogP contribution in [0, 0.1) is 0 Å². The van der Waals surface area contributed by atoms with Crippen molar-refractivity contribution in [1.82, 2.24) is 15.5 Å². The Morgan fingerprint density at radius 1 is 1.12 bits per heavy atom. The summed E-state index contributed by atoms with van der Waals surface area (Å²) in [7, 11) is 0. The Balaban J connectivity index is 1.48. The summed E-state index contributed by atoms with van der Waals surface area (Å²) in [6.45, 7) is 6.40. The van der Waals surface area contributed by atoms with Gasteiger partial charge in [-0.2, -0.15) is 0 Å². The number of benzene rings is 2. The first-order valence-electron chi connectivity index (χ1n) is 10.8. The third-order valence-electron chi connectivity index (χ3n) is 6.73.